The maximum absolute atomic E-state index is 13.7. The number of carbonyl (C=O) groups excluding carboxylic acids is 1. The van der Waals surface area contributed by atoms with Crippen LogP contribution in [0.15, 0.2) is 30.6 Å². The van der Waals surface area contributed by atoms with Crippen LogP contribution < -0.4 is 0 Å². The normalized spacial score (nSPS) is 11.1. The third-order valence-electron chi connectivity index (χ3n) is 3.97. The number of benzene rings is 1. The monoisotopic (exact) mass is 332 g/mol. The van der Waals surface area contributed by atoms with Crippen LogP contribution in [-0.4, -0.2) is 20.4 Å². The number of ketones is 1. The molecule has 1 aromatic carbocycles. The number of rotatable bonds is 3. The van der Waals surface area contributed by atoms with Crippen molar-refractivity contribution in [2.75, 3.05) is 0 Å². The molecule has 118 valence electrons. The summed E-state index contributed by atoms with van der Waals surface area (Å²) >= 11 is 5.79. The van der Waals surface area contributed by atoms with E-state index in [2.05, 4.69) is 4.98 Å². The van der Waals surface area contributed by atoms with Gasteiger partial charge in [0, 0.05) is 29.9 Å². The topological polar surface area (TPSA) is 55.1 Å². The van der Waals surface area contributed by atoms with Crippen LogP contribution in [-0.2, 0) is 13.5 Å². The first-order chi connectivity index (χ1) is 11.0. The summed E-state index contributed by atoms with van der Waals surface area (Å²) < 4.78 is 15.6. The number of aromatic hydroxyl groups is 1. The molecule has 0 saturated carbocycles. The second-order valence-electron chi connectivity index (χ2n) is 5.24. The van der Waals surface area contributed by atoms with Gasteiger partial charge in [0.25, 0.3) is 0 Å². The lowest BCUT2D eigenvalue weighted by Crippen LogP contribution is -2.06. The number of pyridine rings is 1. The molecule has 0 atom stereocenters. The minimum atomic E-state index is -0.916. The summed E-state index contributed by atoms with van der Waals surface area (Å²) in [7, 11) is 1.87. The van der Waals surface area contributed by atoms with Gasteiger partial charge >= 0.3 is 0 Å². The van der Waals surface area contributed by atoms with Gasteiger partial charge in [0.15, 0.2) is 17.3 Å². The summed E-state index contributed by atoms with van der Waals surface area (Å²) in [4.78, 5) is 17.0. The van der Waals surface area contributed by atoms with Crippen molar-refractivity contribution < 1.29 is 14.3 Å². The van der Waals surface area contributed by atoms with Crippen LogP contribution in [0.5, 0.6) is 5.75 Å². The van der Waals surface area contributed by atoms with Crippen LogP contribution in [0.1, 0.15) is 28.5 Å². The standard InChI is InChI=1S/C17H14ClFN2O2/c1-3-13-15(10-4-5-20-8-14(10)21(13)2)16(22)9-6-11(18)17(23)12(19)7-9/h4-8,23H,3H2,1-2H3. The Morgan fingerprint density at radius 2 is 2.17 bits per heavy atom. The van der Waals surface area contributed by atoms with Gasteiger partial charge in [0.2, 0.25) is 0 Å². The number of phenols is 1. The molecular formula is C17H14ClFN2O2. The van der Waals surface area contributed by atoms with Crippen molar-refractivity contribution in [3.8, 4) is 5.75 Å². The SMILES string of the molecule is CCc1c(C(=O)c2cc(F)c(O)c(Cl)c2)c2ccncc2n1C. The Labute approximate surface area is 137 Å². The van der Waals surface area contributed by atoms with Gasteiger partial charge < -0.3 is 9.67 Å². The highest BCUT2D eigenvalue weighted by Crippen LogP contribution is 2.32. The van der Waals surface area contributed by atoms with E-state index in [0.717, 1.165) is 22.7 Å². The summed E-state index contributed by atoms with van der Waals surface area (Å²) in [6.07, 6.45) is 3.94. The Kier molecular flexibility index (Phi) is 3.82. The zero-order chi connectivity index (χ0) is 16.7. The zero-order valence-corrected chi connectivity index (χ0v) is 13.4. The summed E-state index contributed by atoms with van der Waals surface area (Å²) in [5.74, 6) is -1.90. The van der Waals surface area contributed by atoms with E-state index in [-0.39, 0.29) is 16.4 Å². The van der Waals surface area contributed by atoms with Gasteiger partial charge in [0.05, 0.1) is 22.3 Å². The van der Waals surface area contributed by atoms with E-state index in [9.17, 15) is 14.3 Å². The molecule has 0 aliphatic heterocycles. The number of halogens is 2. The largest absolute Gasteiger partial charge is 0.504 e. The average molecular weight is 333 g/mol. The van der Waals surface area contributed by atoms with Gasteiger partial charge in [-0.2, -0.15) is 0 Å². The molecule has 6 heteroatoms. The van der Waals surface area contributed by atoms with Crippen molar-refractivity contribution in [3.63, 3.8) is 0 Å². The highest BCUT2D eigenvalue weighted by atomic mass is 35.5. The Bertz CT molecular complexity index is 911. The van der Waals surface area contributed by atoms with Crippen molar-refractivity contribution in [2.45, 2.75) is 13.3 Å². The van der Waals surface area contributed by atoms with E-state index in [1.54, 1.807) is 18.5 Å². The van der Waals surface area contributed by atoms with Gasteiger partial charge in [-0.3, -0.25) is 9.78 Å². The third kappa shape index (κ3) is 2.37. The maximum atomic E-state index is 13.7. The number of carbonyl (C=O) groups is 1. The second-order valence-corrected chi connectivity index (χ2v) is 5.65. The molecule has 0 aliphatic carbocycles. The fourth-order valence-corrected chi connectivity index (χ4v) is 3.05. The van der Waals surface area contributed by atoms with Gasteiger partial charge in [-0.1, -0.05) is 18.5 Å². The van der Waals surface area contributed by atoms with Crippen molar-refractivity contribution in [1.29, 1.82) is 0 Å². The summed E-state index contributed by atoms with van der Waals surface area (Å²) in [5.41, 5.74) is 2.28. The van der Waals surface area contributed by atoms with Crippen LogP contribution in [0.4, 0.5) is 4.39 Å². The minimum absolute atomic E-state index is 0.101. The highest BCUT2D eigenvalue weighted by Gasteiger charge is 2.23. The highest BCUT2D eigenvalue weighted by molar-refractivity contribution is 6.32. The molecule has 0 saturated heterocycles. The number of fused-ring (bicyclic) bond motifs is 1. The molecule has 2 heterocycles. The molecule has 0 amide bonds. The van der Waals surface area contributed by atoms with Crippen molar-refractivity contribution in [1.82, 2.24) is 9.55 Å². The van der Waals surface area contributed by atoms with E-state index in [1.807, 2.05) is 18.5 Å². The van der Waals surface area contributed by atoms with E-state index >= 15 is 0 Å². The molecule has 0 radical (unpaired) electrons. The molecule has 2 aromatic heterocycles. The number of aryl methyl sites for hydroxylation is 1. The van der Waals surface area contributed by atoms with E-state index < -0.39 is 11.6 Å². The lowest BCUT2D eigenvalue weighted by Gasteiger charge is -2.07. The molecule has 0 fully saturated rings. The number of hydrogen-bond acceptors (Lipinski definition) is 3. The molecule has 3 aromatic rings. The number of hydrogen-bond donors (Lipinski definition) is 1. The Morgan fingerprint density at radius 1 is 1.43 bits per heavy atom. The Hall–Kier alpha value is -2.40. The minimum Gasteiger partial charge on any atom is -0.504 e. The first-order valence-electron chi connectivity index (χ1n) is 7.09. The molecule has 4 nitrogen and oxygen atoms in total. The van der Waals surface area contributed by atoms with Crippen LogP contribution in [0, 0.1) is 5.82 Å². The molecule has 0 unspecified atom stereocenters. The van der Waals surface area contributed by atoms with Crippen LogP contribution in [0.25, 0.3) is 10.9 Å². The van der Waals surface area contributed by atoms with Crippen LogP contribution >= 0.6 is 11.6 Å². The lowest BCUT2D eigenvalue weighted by molar-refractivity contribution is 0.103. The molecule has 3 rings (SSSR count). The summed E-state index contributed by atoms with van der Waals surface area (Å²) in [6, 6.07) is 4.05. The Balaban J connectivity index is 2.26. The maximum Gasteiger partial charge on any atom is 0.195 e. The summed E-state index contributed by atoms with van der Waals surface area (Å²) in [6.45, 7) is 1.95. The lowest BCUT2D eigenvalue weighted by atomic mass is 9.99. The van der Waals surface area contributed by atoms with E-state index in [1.165, 1.54) is 6.07 Å². The second kappa shape index (κ2) is 5.66. The van der Waals surface area contributed by atoms with Crippen molar-refractivity contribution in [2.24, 2.45) is 7.05 Å². The summed E-state index contributed by atoms with van der Waals surface area (Å²) in [5, 5.41) is 10.0. The van der Waals surface area contributed by atoms with Crippen molar-refractivity contribution in [3.05, 3.63) is 58.3 Å². The van der Waals surface area contributed by atoms with Gasteiger partial charge in [0.1, 0.15) is 0 Å². The molecular weight excluding hydrogens is 319 g/mol. The van der Waals surface area contributed by atoms with Crippen LogP contribution in [0.3, 0.4) is 0 Å². The fraction of sp³-hybridized carbons (Fsp3) is 0.176. The molecule has 0 spiro atoms. The Morgan fingerprint density at radius 3 is 2.83 bits per heavy atom. The van der Waals surface area contributed by atoms with Gasteiger partial charge in [-0.05, 0) is 24.6 Å². The molecule has 0 aliphatic rings. The first-order valence-corrected chi connectivity index (χ1v) is 7.47. The zero-order valence-electron chi connectivity index (χ0n) is 12.6. The smallest absolute Gasteiger partial charge is 0.195 e. The van der Waals surface area contributed by atoms with E-state index in [0.29, 0.717) is 12.0 Å². The molecule has 23 heavy (non-hydrogen) atoms. The molecule has 0 bridgehead atoms. The van der Waals surface area contributed by atoms with E-state index in [4.69, 9.17) is 11.6 Å². The molecule has 1 N–H and O–H groups in total. The fourth-order valence-electron chi connectivity index (χ4n) is 2.84. The van der Waals surface area contributed by atoms with Gasteiger partial charge in [-0.15, -0.1) is 0 Å². The average Bonchev–Trinajstić information content (AvgIpc) is 2.84. The van der Waals surface area contributed by atoms with Crippen LogP contribution in [0.2, 0.25) is 5.02 Å². The van der Waals surface area contributed by atoms with Gasteiger partial charge in [-0.25, -0.2) is 4.39 Å². The third-order valence-corrected chi connectivity index (χ3v) is 4.25. The number of phenolic OH excluding ortho intramolecular Hbond substituents is 1. The van der Waals surface area contributed by atoms with Crippen molar-refractivity contribution >= 4 is 28.3 Å². The number of nitrogens with zero attached hydrogens (tertiary/aromatic N) is 2. The first kappa shape index (κ1) is 15.5. The predicted molar refractivity (Wildman–Crippen MR) is 86.6 cm³/mol. The number of aromatic nitrogens is 2. The predicted octanol–water partition coefficient (Wildman–Crippen LogP) is 3.86. The quantitative estimate of drug-likeness (QED) is 0.741.